The smallest absolute Gasteiger partial charge is 0.431 e. The Labute approximate surface area is 90.5 Å². The molecule has 0 unspecified atom stereocenters. The highest BCUT2D eigenvalue weighted by Gasteiger charge is 2.19. The second-order valence-corrected chi connectivity index (χ2v) is 4.67. The molecule has 0 aliphatic carbocycles. The van der Waals surface area contributed by atoms with Crippen molar-refractivity contribution in [1.29, 1.82) is 0 Å². The zero-order chi connectivity index (χ0) is 11.3. The van der Waals surface area contributed by atoms with Crippen molar-refractivity contribution in [2.45, 2.75) is 45.3 Å². The van der Waals surface area contributed by atoms with Gasteiger partial charge in [-0.05, 0) is 46.7 Å². The Hall–Kier alpha value is -0.810. The highest BCUT2D eigenvalue weighted by Crippen LogP contribution is 2.08. The summed E-state index contributed by atoms with van der Waals surface area (Å²) in [5.74, 6) is 0. The van der Waals surface area contributed by atoms with Crippen molar-refractivity contribution in [2.24, 2.45) is 0 Å². The Morgan fingerprint density at radius 1 is 1.33 bits per heavy atom. The Kier molecular flexibility index (Phi) is 4.35. The maximum Gasteiger partial charge on any atom is 0.431 e. The first kappa shape index (κ1) is 12.3. The molecule has 0 aromatic rings. The van der Waals surface area contributed by atoms with Crippen LogP contribution in [0.25, 0.3) is 0 Å². The summed E-state index contributed by atoms with van der Waals surface area (Å²) < 4.78 is 5.04. The third-order valence-electron chi connectivity index (χ3n) is 1.99. The molecular formula is C10H20N2O3. The van der Waals surface area contributed by atoms with Crippen molar-refractivity contribution in [3.63, 3.8) is 0 Å². The topological polar surface area (TPSA) is 59.6 Å². The van der Waals surface area contributed by atoms with E-state index in [1.54, 1.807) is 0 Å². The van der Waals surface area contributed by atoms with E-state index in [1.165, 1.54) is 0 Å². The maximum absolute atomic E-state index is 11.2. The molecule has 1 heterocycles. The summed E-state index contributed by atoms with van der Waals surface area (Å²) in [7, 11) is 0. The first-order valence-electron chi connectivity index (χ1n) is 5.33. The number of carbonyl (C=O) groups is 1. The van der Waals surface area contributed by atoms with Gasteiger partial charge in [0.2, 0.25) is 0 Å². The minimum Gasteiger partial charge on any atom is -0.442 e. The van der Waals surface area contributed by atoms with E-state index in [9.17, 15) is 4.79 Å². The van der Waals surface area contributed by atoms with Crippen molar-refractivity contribution in [3.8, 4) is 0 Å². The summed E-state index contributed by atoms with van der Waals surface area (Å²) in [6.45, 7) is 7.31. The molecule has 0 radical (unpaired) electrons. The number of carbonyl (C=O) groups excluding carboxylic acids is 1. The molecule has 0 atom stereocenters. The van der Waals surface area contributed by atoms with E-state index in [2.05, 4.69) is 10.8 Å². The molecule has 88 valence electrons. The number of nitrogens with one attached hydrogen (secondary N) is 2. The average Bonchev–Trinajstić information content (AvgIpc) is 2.14. The van der Waals surface area contributed by atoms with Gasteiger partial charge in [-0.1, -0.05) is 0 Å². The summed E-state index contributed by atoms with van der Waals surface area (Å²) in [6.07, 6.45) is 1.39. The summed E-state index contributed by atoms with van der Waals surface area (Å²) in [5.41, 5.74) is 1.84. The van der Waals surface area contributed by atoms with Gasteiger partial charge in [-0.15, -0.1) is 0 Å². The van der Waals surface area contributed by atoms with E-state index in [4.69, 9.17) is 9.57 Å². The van der Waals surface area contributed by atoms with E-state index in [1.807, 2.05) is 20.8 Å². The van der Waals surface area contributed by atoms with Crippen LogP contribution in [0.3, 0.4) is 0 Å². The lowest BCUT2D eigenvalue weighted by Gasteiger charge is -2.24. The lowest BCUT2D eigenvalue weighted by molar-refractivity contribution is -0.0512. The van der Waals surface area contributed by atoms with Crippen molar-refractivity contribution < 1.29 is 14.4 Å². The number of ether oxygens (including phenoxy) is 1. The van der Waals surface area contributed by atoms with Gasteiger partial charge in [0.1, 0.15) is 5.60 Å². The zero-order valence-corrected chi connectivity index (χ0v) is 9.63. The standard InChI is InChI=1S/C10H20N2O3/c1-10(2,3)14-9(13)12-15-8-4-6-11-7-5-8/h8,11H,4-7H2,1-3H3,(H,12,13). The second-order valence-electron chi connectivity index (χ2n) is 4.67. The van der Waals surface area contributed by atoms with Crippen molar-refractivity contribution in [1.82, 2.24) is 10.8 Å². The minimum absolute atomic E-state index is 0.0961. The molecule has 5 nitrogen and oxygen atoms in total. The number of hydroxylamine groups is 1. The van der Waals surface area contributed by atoms with E-state index >= 15 is 0 Å². The summed E-state index contributed by atoms with van der Waals surface area (Å²) in [6, 6.07) is 0. The lowest BCUT2D eigenvalue weighted by atomic mass is 10.1. The third-order valence-corrected chi connectivity index (χ3v) is 1.99. The number of piperidine rings is 1. The molecule has 0 saturated carbocycles. The number of amides is 1. The monoisotopic (exact) mass is 216 g/mol. The predicted octanol–water partition coefficient (Wildman–Crippen LogP) is 1.19. The minimum atomic E-state index is -0.527. The summed E-state index contributed by atoms with van der Waals surface area (Å²) in [4.78, 5) is 16.5. The normalized spacial score (nSPS) is 18.6. The molecule has 5 heteroatoms. The fourth-order valence-electron chi connectivity index (χ4n) is 1.34. The average molecular weight is 216 g/mol. The SMILES string of the molecule is CC(C)(C)OC(=O)NOC1CCNCC1. The van der Waals surface area contributed by atoms with E-state index in [-0.39, 0.29) is 6.10 Å². The van der Waals surface area contributed by atoms with Gasteiger partial charge >= 0.3 is 6.09 Å². The van der Waals surface area contributed by atoms with Crippen LogP contribution in [-0.4, -0.2) is 30.9 Å². The van der Waals surface area contributed by atoms with Crippen molar-refractivity contribution in [2.75, 3.05) is 13.1 Å². The van der Waals surface area contributed by atoms with Gasteiger partial charge in [-0.3, -0.25) is 4.84 Å². The lowest BCUT2D eigenvalue weighted by Crippen LogP contribution is -2.39. The summed E-state index contributed by atoms with van der Waals surface area (Å²) >= 11 is 0. The molecule has 1 amide bonds. The second kappa shape index (κ2) is 5.32. The van der Waals surface area contributed by atoms with Crippen LogP contribution in [0.4, 0.5) is 4.79 Å². The van der Waals surface area contributed by atoms with Gasteiger partial charge in [0.25, 0.3) is 0 Å². The number of rotatable bonds is 2. The number of hydrogen-bond donors (Lipinski definition) is 2. The zero-order valence-electron chi connectivity index (χ0n) is 9.63. The highest BCUT2D eigenvalue weighted by atomic mass is 16.7. The van der Waals surface area contributed by atoms with Crippen molar-refractivity contribution >= 4 is 6.09 Å². The van der Waals surface area contributed by atoms with Gasteiger partial charge < -0.3 is 10.1 Å². The molecule has 1 rings (SSSR count). The summed E-state index contributed by atoms with van der Waals surface area (Å²) in [5, 5.41) is 3.22. The van der Waals surface area contributed by atoms with Crippen LogP contribution in [0.1, 0.15) is 33.6 Å². The van der Waals surface area contributed by atoms with Gasteiger partial charge in [-0.25, -0.2) is 4.79 Å². The Balaban J connectivity index is 2.15. The van der Waals surface area contributed by atoms with Gasteiger partial charge in [0.05, 0.1) is 6.10 Å². The molecule has 1 aliphatic heterocycles. The molecule has 15 heavy (non-hydrogen) atoms. The Bertz CT molecular complexity index is 207. The molecule has 0 aromatic carbocycles. The van der Waals surface area contributed by atoms with Crippen LogP contribution < -0.4 is 10.8 Å². The van der Waals surface area contributed by atoms with Gasteiger partial charge in [-0.2, -0.15) is 5.48 Å². The Morgan fingerprint density at radius 2 is 1.93 bits per heavy atom. The van der Waals surface area contributed by atoms with Crippen LogP contribution in [0, 0.1) is 0 Å². The van der Waals surface area contributed by atoms with Crippen molar-refractivity contribution in [3.05, 3.63) is 0 Å². The molecule has 0 aromatic heterocycles. The first-order valence-corrected chi connectivity index (χ1v) is 5.33. The molecule has 2 N–H and O–H groups in total. The predicted molar refractivity (Wildman–Crippen MR) is 56.3 cm³/mol. The fraction of sp³-hybridized carbons (Fsp3) is 0.900. The first-order chi connectivity index (χ1) is 6.97. The van der Waals surface area contributed by atoms with Crippen LogP contribution in [-0.2, 0) is 9.57 Å². The highest BCUT2D eigenvalue weighted by molar-refractivity contribution is 5.66. The van der Waals surface area contributed by atoms with Crippen LogP contribution >= 0.6 is 0 Å². The quantitative estimate of drug-likeness (QED) is 0.681. The molecule has 1 fully saturated rings. The van der Waals surface area contributed by atoms with E-state index in [0.717, 1.165) is 25.9 Å². The van der Waals surface area contributed by atoms with E-state index < -0.39 is 11.7 Å². The third kappa shape index (κ3) is 5.59. The van der Waals surface area contributed by atoms with Crippen LogP contribution in [0.15, 0.2) is 0 Å². The number of hydrogen-bond acceptors (Lipinski definition) is 4. The van der Waals surface area contributed by atoms with E-state index in [0.29, 0.717) is 0 Å². The molecule has 0 bridgehead atoms. The van der Waals surface area contributed by atoms with Crippen LogP contribution in [0.5, 0.6) is 0 Å². The fourth-order valence-corrected chi connectivity index (χ4v) is 1.34. The van der Waals surface area contributed by atoms with Gasteiger partial charge in [0.15, 0.2) is 0 Å². The molecule has 0 spiro atoms. The molecular weight excluding hydrogens is 196 g/mol. The van der Waals surface area contributed by atoms with Gasteiger partial charge in [0, 0.05) is 0 Å². The largest absolute Gasteiger partial charge is 0.442 e. The molecule has 1 aliphatic rings. The Morgan fingerprint density at radius 3 is 2.47 bits per heavy atom. The molecule has 1 saturated heterocycles. The maximum atomic E-state index is 11.2. The van der Waals surface area contributed by atoms with Crippen LogP contribution in [0.2, 0.25) is 0 Å².